The molecular formula is C80H112Cl2Zr2-2. The molecule has 0 aliphatic heterocycles. The molecular weight excluding hydrogens is 1210 g/mol. The molecule has 0 spiro atoms. The zero-order valence-corrected chi connectivity index (χ0v) is 64.0. The van der Waals surface area contributed by atoms with E-state index in [2.05, 4.69) is 239 Å². The van der Waals surface area contributed by atoms with Crippen LogP contribution in [-0.2, 0) is 105 Å². The maximum atomic E-state index is 3.90. The van der Waals surface area contributed by atoms with E-state index in [1.54, 1.807) is 54.9 Å². The van der Waals surface area contributed by atoms with Gasteiger partial charge >= 0.3 is 119 Å². The van der Waals surface area contributed by atoms with Gasteiger partial charge in [-0.15, -0.1) is 46.2 Å². The first-order valence-electron chi connectivity index (χ1n) is 31.7. The van der Waals surface area contributed by atoms with Crippen molar-refractivity contribution in [2.45, 2.75) is 299 Å². The van der Waals surface area contributed by atoms with Gasteiger partial charge in [-0.2, -0.15) is 47.5 Å². The zero-order chi connectivity index (χ0) is 61.6. The van der Waals surface area contributed by atoms with Gasteiger partial charge in [-0.1, -0.05) is 212 Å². The molecule has 2 saturated carbocycles. The number of allylic oxidation sites excluding steroid dienone is 8. The van der Waals surface area contributed by atoms with E-state index in [0.29, 0.717) is 0 Å². The Morgan fingerprint density at radius 2 is 0.583 bits per heavy atom. The monoisotopic (exact) mass is 1320 g/mol. The van der Waals surface area contributed by atoms with Gasteiger partial charge in [0.05, 0.1) is 0 Å². The first kappa shape index (κ1) is 76.2. The van der Waals surface area contributed by atoms with Crippen molar-refractivity contribution < 1.29 is 73.3 Å². The Morgan fingerprint density at radius 3 is 0.774 bits per heavy atom. The SMILES string of the molecule is CC(C)(C)c1[c-]c2c(cc1C(C)(C)C)-c1cc(C(C)(C)C)c(C(C)(C)C)cc1C2.CC(C)(C)c1[c-]c2c(cc1C(C)(C)C)-c1cc(C(C)(C)C)c(C(C)(C)C)cc1C2.[C-]1=CC=CC1.[C-]1=CC=CC1.[Cl-].[Cl-].[Zr+2]=[C]1CCCCC1.[Zr+2]=[C]1CCCCC1. The molecule has 4 heteroatoms. The molecule has 10 rings (SSSR count). The van der Waals surface area contributed by atoms with E-state index < -0.39 is 0 Å². The molecule has 4 aromatic rings. The fraction of sp³-hybridized carbons (Fsp3) is 0.575. The second-order valence-corrected chi connectivity index (χ2v) is 36.2. The van der Waals surface area contributed by atoms with Crippen LogP contribution < -0.4 is 24.8 Å². The van der Waals surface area contributed by atoms with Crippen LogP contribution in [0, 0.1) is 24.3 Å². The summed E-state index contributed by atoms with van der Waals surface area (Å²) in [6.45, 7) is 56.0. The molecule has 6 aliphatic rings. The summed E-state index contributed by atoms with van der Waals surface area (Å²) in [5.41, 5.74) is 23.9. The van der Waals surface area contributed by atoms with Gasteiger partial charge in [0.1, 0.15) is 0 Å². The molecule has 6 aliphatic carbocycles. The Hall–Kier alpha value is -2.07. The number of rotatable bonds is 0. The van der Waals surface area contributed by atoms with E-state index in [4.69, 9.17) is 0 Å². The second kappa shape index (κ2) is 30.6. The van der Waals surface area contributed by atoms with Crippen molar-refractivity contribution >= 4 is 6.41 Å². The average molecular weight is 1330 g/mol. The Bertz CT molecular complexity index is 2600. The molecule has 0 nitrogen and oxygen atoms in total. The molecule has 0 saturated heterocycles. The van der Waals surface area contributed by atoms with Crippen LogP contribution in [0.1, 0.15) is 310 Å². The van der Waals surface area contributed by atoms with E-state index in [-0.39, 0.29) is 68.1 Å². The van der Waals surface area contributed by atoms with Crippen LogP contribution in [0.25, 0.3) is 22.3 Å². The average Bonchev–Trinajstić information content (AvgIpc) is 1.66. The molecule has 0 heterocycles. The van der Waals surface area contributed by atoms with Crippen molar-refractivity contribution in [1.29, 1.82) is 0 Å². The Labute approximate surface area is 560 Å². The Morgan fingerprint density at radius 1 is 0.321 bits per heavy atom. The van der Waals surface area contributed by atoms with Gasteiger partial charge < -0.3 is 24.8 Å². The van der Waals surface area contributed by atoms with Gasteiger partial charge in [-0.05, 0) is 78.7 Å². The molecule has 2 fully saturated rings. The van der Waals surface area contributed by atoms with Crippen LogP contribution in [-0.4, -0.2) is 6.41 Å². The number of hydrogen-bond donors (Lipinski definition) is 0. The summed E-state index contributed by atoms with van der Waals surface area (Å²) in [7, 11) is 0. The molecule has 0 atom stereocenters. The second-order valence-electron chi connectivity index (χ2n) is 32.7. The molecule has 0 amide bonds. The van der Waals surface area contributed by atoms with Gasteiger partial charge in [0.2, 0.25) is 0 Å². The zero-order valence-electron chi connectivity index (χ0n) is 57.6. The molecule has 4 aromatic carbocycles. The Kier molecular flexibility index (Phi) is 27.8. The maximum absolute atomic E-state index is 3.90. The van der Waals surface area contributed by atoms with Crippen molar-refractivity contribution in [3.8, 4) is 22.3 Å². The van der Waals surface area contributed by atoms with Gasteiger partial charge in [0.15, 0.2) is 0 Å². The third-order valence-electron chi connectivity index (χ3n) is 16.6. The van der Waals surface area contributed by atoms with Crippen LogP contribution in [0.4, 0.5) is 0 Å². The molecule has 0 bridgehead atoms. The predicted molar refractivity (Wildman–Crippen MR) is 356 cm³/mol. The first-order chi connectivity index (χ1) is 37.6. The van der Waals surface area contributed by atoms with Gasteiger partial charge in [0.25, 0.3) is 0 Å². The van der Waals surface area contributed by atoms with Crippen molar-refractivity contribution in [3.63, 3.8) is 0 Å². The summed E-state index contributed by atoms with van der Waals surface area (Å²) in [5, 5.41) is 0. The van der Waals surface area contributed by atoms with Crippen LogP contribution >= 0.6 is 0 Å². The van der Waals surface area contributed by atoms with Gasteiger partial charge in [-0.3, -0.25) is 12.2 Å². The van der Waals surface area contributed by atoms with E-state index in [9.17, 15) is 0 Å². The number of halogens is 2. The van der Waals surface area contributed by atoms with Gasteiger partial charge in [0, 0.05) is 0 Å². The van der Waals surface area contributed by atoms with E-state index in [1.807, 2.05) is 24.3 Å². The van der Waals surface area contributed by atoms with Crippen LogP contribution in [0.5, 0.6) is 0 Å². The summed E-state index contributed by atoms with van der Waals surface area (Å²) in [6.07, 6.45) is 36.6. The van der Waals surface area contributed by atoms with Crippen LogP contribution in [0.2, 0.25) is 0 Å². The predicted octanol–water partition coefficient (Wildman–Crippen LogP) is 16.5. The van der Waals surface area contributed by atoms with E-state index in [0.717, 1.165) is 25.7 Å². The molecule has 0 N–H and O–H groups in total. The number of hydrogen-bond acceptors (Lipinski definition) is 0. The summed E-state index contributed by atoms with van der Waals surface area (Å²) in [6, 6.07) is 22.8. The fourth-order valence-corrected chi connectivity index (χ4v) is 13.6. The van der Waals surface area contributed by atoms with Crippen LogP contribution in [0.15, 0.2) is 72.9 Å². The standard InChI is InChI=1S/2C29H41.2C6H10.2C5H5.2ClH.2Zr/c2*1-26(2,3)22-14-18-13-19-15-23(27(4,5)6)25(29(10,11)12)17-21(19)20(18)16-24(22)28(7,8)9;2*1-2-4-6-5-3-1;2*1-2-4-5-3-1;;;;/h2*14,16-17H,13H2,1-12H3;2*1-5H2;2*1-3H,4H2;2*1H;;/q2*-1;;;2*-1;;;2*+2/p-2. The summed E-state index contributed by atoms with van der Waals surface area (Å²) in [4.78, 5) is 0. The number of benzene rings is 4. The minimum absolute atomic E-state index is 0. The molecule has 0 unspecified atom stereocenters. The Balaban J connectivity index is 0.000000309. The molecule has 456 valence electrons. The van der Waals surface area contributed by atoms with E-state index in [1.165, 1.54) is 153 Å². The first-order valence-corrected chi connectivity index (χ1v) is 34.2. The molecule has 84 heavy (non-hydrogen) atoms. The fourth-order valence-electron chi connectivity index (χ4n) is 11.9. The topological polar surface area (TPSA) is 0 Å². The number of fused-ring (bicyclic) bond motifs is 6. The van der Waals surface area contributed by atoms with Crippen molar-refractivity contribution in [2.24, 2.45) is 0 Å². The third-order valence-corrected chi connectivity index (χ3v) is 19.0. The third kappa shape index (κ3) is 21.6. The normalized spacial score (nSPS) is 16.1. The van der Waals surface area contributed by atoms with Crippen molar-refractivity contribution in [3.05, 3.63) is 164 Å². The molecule has 0 radical (unpaired) electrons. The summed E-state index contributed by atoms with van der Waals surface area (Å²) < 4.78 is 3.61. The van der Waals surface area contributed by atoms with E-state index >= 15 is 0 Å². The summed E-state index contributed by atoms with van der Waals surface area (Å²) >= 11 is 3.38. The van der Waals surface area contributed by atoms with Crippen molar-refractivity contribution in [2.75, 3.05) is 0 Å². The van der Waals surface area contributed by atoms with Gasteiger partial charge in [-0.25, -0.2) is 24.3 Å². The summed E-state index contributed by atoms with van der Waals surface area (Å²) in [5.74, 6) is 0. The van der Waals surface area contributed by atoms with Crippen molar-refractivity contribution in [1.82, 2.24) is 0 Å². The quantitative estimate of drug-likeness (QED) is 0.133. The minimum atomic E-state index is 0. The van der Waals surface area contributed by atoms with Crippen LogP contribution in [0.3, 0.4) is 0 Å². The molecule has 0 aromatic heterocycles.